The second kappa shape index (κ2) is 5.53. The Kier molecular flexibility index (Phi) is 3.72. The minimum Gasteiger partial charge on any atom is -0.296 e. The van der Waals surface area contributed by atoms with Gasteiger partial charge in [-0.15, -0.1) is 11.6 Å². The number of carbonyl (C=O) groups is 1. The molecule has 0 saturated carbocycles. The van der Waals surface area contributed by atoms with Crippen molar-refractivity contribution in [1.29, 1.82) is 0 Å². The second-order valence-corrected chi connectivity index (χ2v) is 5.81. The topological polar surface area (TPSA) is 38.1 Å². The van der Waals surface area contributed by atoms with Crippen LogP contribution in [0, 0.1) is 12.8 Å². The molecule has 4 nitrogen and oxygen atoms in total. The van der Waals surface area contributed by atoms with Gasteiger partial charge >= 0.3 is 0 Å². The Hall–Kier alpha value is -1.81. The normalized spacial score (nSPS) is 18.5. The molecule has 3 rings (SSSR count). The van der Waals surface area contributed by atoms with Crippen LogP contribution in [0.1, 0.15) is 12.1 Å². The van der Waals surface area contributed by atoms with Gasteiger partial charge in [0, 0.05) is 31.5 Å². The molecule has 110 valence electrons. The number of hydrogen-bond donors (Lipinski definition) is 0. The number of nitrogens with zero attached hydrogens (tertiary/aromatic N) is 3. The molecule has 0 bridgehead atoms. The molecule has 0 spiro atoms. The first-order valence-electron chi connectivity index (χ1n) is 7.07. The SMILES string of the molecule is Cc1nn(C)c(N2CC(CCl)CC2=O)c1-c1ccccc1. The van der Waals surface area contributed by atoms with Crippen molar-refractivity contribution in [3.63, 3.8) is 0 Å². The molecule has 2 aromatic rings. The first-order chi connectivity index (χ1) is 10.1. The minimum absolute atomic E-state index is 0.126. The number of amides is 1. The Bertz CT molecular complexity index is 666. The second-order valence-electron chi connectivity index (χ2n) is 5.50. The molecule has 1 atom stereocenters. The van der Waals surface area contributed by atoms with Gasteiger partial charge in [-0.3, -0.25) is 14.4 Å². The highest BCUT2D eigenvalue weighted by Crippen LogP contribution is 2.36. The van der Waals surface area contributed by atoms with Gasteiger partial charge in [0.15, 0.2) is 0 Å². The summed E-state index contributed by atoms with van der Waals surface area (Å²) in [5.41, 5.74) is 3.04. The van der Waals surface area contributed by atoms with E-state index in [0.717, 1.165) is 22.6 Å². The van der Waals surface area contributed by atoms with Gasteiger partial charge in [0.25, 0.3) is 0 Å². The molecular formula is C16H18ClN3O. The number of benzene rings is 1. The summed E-state index contributed by atoms with van der Waals surface area (Å²) in [6.07, 6.45) is 0.516. The maximum Gasteiger partial charge on any atom is 0.228 e. The standard InChI is InChI=1S/C16H18ClN3O/c1-11-15(13-6-4-3-5-7-13)16(19(2)18-11)20-10-12(9-17)8-14(20)21/h3-7,12H,8-10H2,1-2H3. The highest BCUT2D eigenvalue weighted by atomic mass is 35.5. The van der Waals surface area contributed by atoms with Crippen LogP contribution in [0.3, 0.4) is 0 Å². The van der Waals surface area contributed by atoms with Crippen molar-refractivity contribution in [2.75, 3.05) is 17.3 Å². The summed E-state index contributed by atoms with van der Waals surface area (Å²) in [6.45, 7) is 2.65. The van der Waals surface area contributed by atoms with Crippen LogP contribution in [0.4, 0.5) is 5.82 Å². The van der Waals surface area contributed by atoms with Gasteiger partial charge in [0.05, 0.1) is 5.69 Å². The van der Waals surface area contributed by atoms with Crippen molar-refractivity contribution in [3.8, 4) is 11.1 Å². The lowest BCUT2D eigenvalue weighted by molar-refractivity contribution is -0.117. The van der Waals surface area contributed by atoms with Crippen LogP contribution in [-0.2, 0) is 11.8 Å². The average molecular weight is 304 g/mol. The van der Waals surface area contributed by atoms with E-state index in [0.29, 0.717) is 18.8 Å². The minimum atomic E-state index is 0.126. The summed E-state index contributed by atoms with van der Waals surface area (Å²) in [7, 11) is 1.88. The van der Waals surface area contributed by atoms with Crippen molar-refractivity contribution in [3.05, 3.63) is 36.0 Å². The fourth-order valence-electron chi connectivity index (χ4n) is 2.99. The third kappa shape index (κ3) is 2.44. The molecule has 0 N–H and O–H groups in total. The molecule has 21 heavy (non-hydrogen) atoms. The third-order valence-corrected chi connectivity index (χ3v) is 4.37. The number of aromatic nitrogens is 2. The van der Waals surface area contributed by atoms with Crippen molar-refractivity contribution in [2.45, 2.75) is 13.3 Å². The van der Waals surface area contributed by atoms with Crippen LogP contribution in [0.15, 0.2) is 30.3 Å². The quantitative estimate of drug-likeness (QED) is 0.818. The van der Waals surface area contributed by atoms with E-state index in [2.05, 4.69) is 5.10 Å². The number of halogens is 1. The van der Waals surface area contributed by atoms with E-state index in [9.17, 15) is 4.79 Å². The first kappa shape index (κ1) is 14.1. The van der Waals surface area contributed by atoms with E-state index in [1.165, 1.54) is 0 Å². The maximum atomic E-state index is 12.3. The maximum absolute atomic E-state index is 12.3. The summed E-state index contributed by atoms with van der Waals surface area (Å²) in [6, 6.07) is 10.1. The largest absolute Gasteiger partial charge is 0.296 e. The average Bonchev–Trinajstić information content (AvgIpc) is 2.99. The Morgan fingerprint density at radius 2 is 2.05 bits per heavy atom. The van der Waals surface area contributed by atoms with Gasteiger partial charge in [0.2, 0.25) is 5.91 Å². The van der Waals surface area contributed by atoms with Crippen LogP contribution < -0.4 is 4.90 Å². The van der Waals surface area contributed by atoms with E-state index in [1.807, 2.05) is 49.2 Å². The number of anilines is 1. The molecular weight excluding hydrogens is 286 g/mol. The molecule has 2 heterocycles. The van der Waals surface area contributed by atoms with Gasteiger partial charge in [-0.1, -0.05) is 30.3 Å². The number of aryl methyl sites for hydroxylation is 2. The van der Waals surface area contributed by atoms with Crippen molar-refractivity contribution in [2.24, 2.45) is 13.0 Å². The fourth-order valence-corrected chi connectivity index (χ4v) is 3.19. The zero-order chi connectivity index (χ0) is 15.0. The van der Waals surface area contributed by atoms with Crippen molar-refractivity contribution in [1.82, 2.24) is 9.78 Å². The number of rotatable bonds is 3. The molecule has 1 aliphatic heterocycles. The molecule has 1 unspecified atom stereocenters. The van der Waals surface area contributed by atoms with Gasteiger partial charge in [-0.25, -0.2) is 0 Å². The van der Waals surface area contributed by atoms with E-state index in [-0.39, 0.29) is 11.8 Å². The van der Waals surface area contributed by atoms with Gasteiger partial charge in [-0.05, 0) is 18.4 Å². The molecule has 1 fully saturated rings. The monoisotopic (exact) mass is 303 g/mol. The van der Waals surface area contributed by atoms with E-state index >= 15 is 0 Å². The smallest absolute Gasteiger partial charge is 0.228 e. The summed E-state index contributed by atoms with van der Waals surface area (Å²) in [5, 5.41) is 4.51. The molecule has 1 saturated heterocycles. The van der Waals surface area contributed by atoms with Crippen LogP contribution in [0.2, 0.25) is 0 Å². The lowest BCUT2D eigenvalue weighted by Crippen LogP contribution is -2.27. The van der Waals surface area contributed by atoms with Crippen LogP contribution in [0.5, 0.6) is 0 Å². The zero-order valence-electron chi connectivity index (χ0n) is 12.2. The molecule has 1 amide bonds. The summed E-state index contributed by atoms with van der Waals surface area (Å²) < 4.78 is 1.80. The van der Waals surface area contributed by atoms with E-state index in [1.54, 1.807) is 4.68 Å². The Labute approximate surface area is 129 Å². The van der Waals surface area contributed by atoms with Crippen LogP contribution in [0.25, 0.3) is 11.1 Å². The highest BCUT2D eigenvalue weighted by molar-refractivity contribution is 6.18. The van der Waals surface area contributed by atoms with Gasteiger partial charge in [-0.2, -0.15) is 5.10 Å². The van der Waals surface area contributed by atoms with Gasteiger partial charge < -0.3 is 0 Å². The predicted octanol–water partition coefficient (Wildman–Crippen LogP) is 2.99. The Balaban J connectivity index is 2.09. The number of alkyl halides is 1. The molecule has 0 aliphatic carbocycles. The Morgan fingerprint density at radius 1 is 1.33 bits per heavy atom. The third-order valence-electron chi connectivity index (χ3n) is 3.93. The highest BCUT2D eigenvalue weighted by Gasteiger charge is 2.34. The summed E-state index contributed by atoms with van der Waals surface area (Å²) in [5.74, 6) is 1.73. The predicted molar refractivity (Wildman–Crippen MR) is 84.6 cm³/mol. The van der Waals surface area contributed by atoms with Crippen LogP contribution in [-0.4, -0.2) is 28.1 Å². The molecule has 1 aliphatic rings. The van der Waals surface area contributed by atoms with Crippen molar-refractivity contribution >= 4 is 23.3 Å². The molecule has 1 aromatic heterocycles. The molecule has 1 aromatic carbocycles. The van der Waals surface area contributed by atoms with Gasteiger partial charge in [0.1, 0.15) is 5.82 Å². The number of carbonyl (C=O) groups excluding carboxylic acids is 1. The Morgan fingerprint density at radius 3 is 2.67 bits per heavy atom. The van der Waals surface area contributed by atoms with Crippen molar-refractivity contribution < 1.29 is 4.79 Å². The molecule has 0 radical (unpaired) electrons. The molecule has 5 heteroatoms. The summed E-state index contributed by atoms with van der Waals surface area (Å²) >= 11 is 5.93. The van der Waals surface area contributed by atoms with E-state index < -0.39 is 0 Å². The lowest BCUT2D eigenvalue weighted by atomic mass is 10.1. The summed E-state index contributed by atoms with van der Waals surface area (Å²) in [4.78, 5) is 14.1. The van der Waals surface area contributed by atoms with Crippen LogP contribution >= 0.6 is 11.6 Å². The van der Waals surface area contributed by atoms with E-state index in [4.69, 9.17) is 11.6 Å². The zero-order valence-corrected chi connectivity index (χ0v) is 13.0. The fraction of sp³-hybridized carbons (Fsp3) is 0.375. The number of hydrogen-bond acceptors (Lipinski definition) is 2. The first-order valence-corrected chi connectivity index (χ1v) is 7.60. The lowest BCUT2D eigenvalue weighted by Gasteiger charge is -2.19.